The molecule has 1 saturated carbocycles. The molecule has 1 heterocycles. The van der Waals surface area contributed by atoms with Gasteiger partial charge in [-0.25, -0.2) is 0 Å². The highest BCUT2D eigenvalue weighted by atomic mass is 16.5. The van der Waals surface area contributed by atoms with Gasteiger partial charge in [0.15, 0.2) is 5.78 Å². The molecule has 4 heteroatoms. The molecule has 0 bridgehead atoms. The summed E-state index contributed by atoms with van der Waals surface area (Å²) in [4.78, 5) is 23.3. The quantitative estimate of drug-likeness (QED) is 0.917. The summed E-state index contributed by atoms with van der Waals surface area (Å²) in [5, 5.41) is 2.84. The summed E-state index contributed by atoms with van der Waals surface area (Å²) >= 11 is 0. The molecular formula is C16H19NO3. The Morgan fingerprint density at radius 1 is 1.25 bits per heavy atom. The summed E-state index contributed by atoms with van der Waals surface area (Å²) in [7, 11) is 0. The van der Waals surface area contributed by atoms with Gasteiger partial charge in [0.2, 0.25) is 5.91 Å². The van der Waals surface area contributed by atoms with Crippen LogP contribution in [0.3, 0.4) is 0 Å². The largest absolute Gasteiger partial charge is 0.486 e. The van der Waals surface area contributed by atoms with Crippen LogP contribution in [0.5, 0.6) is 5.75 Å². The number of aryl methyl sites for hydroxylation is 1. The van der Waals surface area contributed by atoms with E-state index in [9.17, 15) is 9.59 Å². The van der Waals surface area contributed by atoms with E-state index in [1.165, 1.54) is 0 Å². The lowest BCUT2D eigenvalue weighted by Gasteiger charge is -2.18. The van der Waals surface area contributed by atoms with E-state index >= 15 is 0 Å². The smallest absolute Gasteiger partial charge is 0.224 e. The molecule has 1 aromatic carbocycles. The van der Waals surface area contributed by atoms with E-state index < -0.39 is 0 Å². The predicted octanol–water partition coefficient (Wildman–Crippen LogP) is 2.71. The van der Waals surface area contributed by atoms with Crippen molar-refractivity contribution < 1.29 is 14.3 Å². The van der Waals surface area contributed by atoms with E-state index in [4.69, 9.17) is 4.74 Å². The Morgan fingerprint density at radius 2 is 2.05 bits per heavy atom. The summed E-state index contributed by atoms with van der Waals surface area (Å²) < 4.78 is 5.61. The Kier molecular flexibility index (Phi) is 3.72. The molecule has 1 aliphatic heterocycles. The number of fused-ring (bicyclic) bond motifs is 1. The summed E-state index contributed by atoms with van der Waals surface area (Å²) in [6.07, 6.45) is 5.59. The first kappa shape index (κ1) is 13.2. The predicted molar refractivity (Wildman–Crippen MR) is 75.9 cm³/mol. The van der Waals surface area contributed by atoms with E-state index in [-0.39, 0.29) is 24.2 Å². The number of rotatable bonds is 4. The van der Waals surface area contributed by atoms with E-state index in [0.29, 0.717) is 12.2 Å². The first-order valence-corrected chi connectivity index (χ1v) is 7.30. The van der Waals surface area contributed by atoms with Gasteiger partial charge in [-0.3, -0.25) is 9.59 Å². The Morgan fingerprint density at radius 3 is 2.85 bits per heavy atom. The molecule has 1 amide bonds. The lowest BCUT2D eigenvalue weighted by Crippen LogP contribution is -2.20. The molecule has 0 atom stereocenters. The van der Waals surface area contributed by atoms with Crippen LogP contribution in [-0.4, -0.2) is 18.3 Å². The van der Waals surface area contributed by atoms with Gasteiger partial charge in [0.25, 0.3) is 0 Å². The highest BCUT2D eigenvalue weighted by molar-refractivity contribution is 5.94. The normalized spacial score (nSPS) is 18.5. The van der Waals surface area contributed by atoms with Crippen molar-refractivity contribution in [1.29, 1.82) is 0 Å². The summed E-state index contributed by atoms with van der Waals surface area (Å²) in [6.45, 7) is 0.163. The number of hydrogen-bond donors (Lipinski definition) is 1. The SMILES string of the molecule is O=C1CCc2cc(OCC(=O)C3CCCC3)ccc2N1. The van der Waals surface area contributed by atoms with Crippen molar-refractivity contribution in [3.05, 3.63) is 23.8 Å². The number of nitrogens with one attached hydrogen (secondary N) is 1. The second kappa shape index (κ2) is 5.65. The van der Waals surface area contributed by atoms with E-state index in [1.54, 1.807) is 0 Å². The Labute approximate surface area is 118 Å². The number of ether oxygens (including phenoxy) is 1. The molecule has 2 aliphatic rings. The molecule has 1 aromatic rings. The van der Waals surface area contributed by atoms with Crippen molar-refractivity contribution in [2.75, 3.05) is 11.9 Å². The fourth-order valence-electron chi connectivity index (χ4n) is 2.97. The molecule has 4 nitrogen and oxygen atoms in total. The summed E-state index contributed by atoms with van der Waals surface area (Å²) in [5.41, 5.74) is 1.94. The van der Waals surface area contributed by atoms with Crippen LogP contribution in [0.15, 0.2) is 18.2 Å². The van der Waals surface area contributed by atoms with E-state index in [1.807, 2.05) is 18.2 Å². The topological polar surface area (TPSA) is 55.4 Å². The first-order chi connectivity index (χ1) is 9.72. The molecule has 1 N–H and O–H groups in total. The van der Waals surface area contributed by atoms with Gasteiger partial charge in [0, 0.05) is 18.0 Å². The molecule has 0 saturated heterocycles. The molecule has 3 rings (SSSR count). The van der Waals surface area contributed by atoms with Gasteiger partial charge in [-0.05, 0) is 43.0 Å². The Hall–Kier alpha value is -1.84. The molecule has 20 heavy (non-hydrogen) atoms. The number of hydrogen-bond acceptors (Lipinski definition) is 3. The minimum atomic E-state index is 0.0579. The Balaban J connectivity index is 1.60. The number of Topliss-reactive ketones (excluding diaryl/α,β-unsaturated/α-hetero) is 1. The molecule has 0 spiro atoms. The van der Waals surface area contributed by atoms with Crippen LogP contribution >= 0.6 is 0 Å². The van der Waals surface area contributed by atoms with Gasteiger partial charge < -0.3 is 10.1 Å². The van der Waals surface area contributed by atoms with Crippen molar-refractivity contribution in [3.63, 3.8) is 0 Å². The number of ketones is 1. The van der Waals surface area contributed by atoms with Crippen LogP contribution in [0.4, 0.5) is 5.69 Å². The third-order valence-electron chi connectivity index (χ3n) is 4.16. The third-order valence-corrected chi connectivity index (χ3v) is 4.16. The minimum absolute atomic E-state index is 0.0579. The van der Waals surface area contributed by atoms with Crippen LogP contribution in [0.25, 0.3) is 0 Å². The third kappa shape index (κ3) is 2.84. The molecule has 1 fully saturated rings. The monoisotopic (exact) mass is 273 g/mol. The maximum atomic E-state index is 12.0. The van der Waals surface area contributed by atoms with Crippen LogP contribution in [-0.2, 0) is 16.0 Å². The van der Waals surface area contributed by atoms with Gasteiger partial charge >= 0.3 is 0 Å². The fraction of sp³-hybridized carbons (Fsp3) is 0.500. The molecule has 0 unspecified atom stereocenters. The van der Waals surface area contributed by atoms with Crippen molar-refractivity contribution in [2.24, 2.45) is 5.92 Å². The lowest BCUT2D eigenvalue weighted by atomic mass is 10.0. The van der Waals surface area contributed by atoms with Crippen molar-refractivity contribution >= 4 is 17.4 Å². The van der Waals surface area contributed by atoms with E-state index in [0.717, 1.165) is 43.4 Å². The zero-order valence-corrected chi connectivity index (χ0v) is 11.5. The maximum absolute atomic E-state index is 12.0. The average molecular weight is 273 g/mol. The highest BCUT2D eigenvalue weighted by Crippen LogP contribution is 2.28. The Bertz CT molecular complexity index is 533. The standard InChI is InChI=1S/C16H19NO3/c18-15(11-3-1-2-4-11)10-20-13-6-7-14-12(9-13)5-8-16(19)17-14/h6-7,9,11H,1-5,8,10H2,(H,17,19). The van der Waals surface area contributed by atoms with Gasteiger partial charge in [0.05, 0.1) is 0 Å². The summed E-state index contributed by atoms with van der Waals surface area (Å²) in [6, 6.07) is 5.59. The average Bonchev–Trinajstić information content (AvgIpc) is 2.99. The van der Waals surface area contributed by atoms with Gasteiger partial charge in [0.1, 0.15) is 12.4 Å². The number of amides is 1. The maximum Gasteiger partial charge on any atom is 0.224 e. The van der Waals surface area contributed by atoms with E-state index in [2.05, 4.69) is 5.32 Å². The van der Waals surface area contributed by atoms with Crippen molar-refractivity contribution in [3.8, 4) is 5.75 Å². The molecule has 1 aliphatic carbocycles. The van der Waals surface area contributed by atoms with Crippen molar-refractivity contribution in [1.82, 2.24) is 0 Å². The molecule has 0 aromatic heterocycles. The number of carbonyl (C=O) groups excluding carboxylic acids is 2. The zero-order valence-electron chi connectivity index (χ0n) is 11.5. The van der Waals surface area contributed by atoms with Crippen molar-refractivity contribution in [2.45, 2.75) is 38.5 Å². The molecule has 0 radical (unpaired) electrons. The van der Waals surface area contributed by atoms with Gasteiger partial charge in [-0.2, -0.15) is 0 Å². The molecule has 106 valence electrons. The van der Waals surface area contributed by atoms with Gasteiger partial charge in [-0.15, -0.1) is 0 Å². The molecular weight excluding hydrogens is 254 g/mol. The van der Waals surface area contributed by atoms with Crippen LogP contribution in [0.2, 0.25) is 0 Å². The summed E-state index contributed by atoms with van der Waals surface area (Å²) in [5.74, 6) is 1.19. The number of anilines is 1. The fourth-order valence-corrected chi connectivity index (χ4v) is 2.97. The highest BCUT2D eigenvalue weighted by Gasteiger charge is 2.23. The van der Waals surface area contributed by atoms with Crippen LogP contribution in [0.1, 0.15) is 37.7 Å². The minimum Gasteiger partial charge on any atom is -0.486 e. The zero-order chi connectivity index (χ0) is 13.9. The number of benzene rings is 1. The van der Waals surface area contributed by atoms with Crippen LogP contribution in [0, 0.1) is 5.92 Å². The van der Waals surface area contributed by atoms with Crippen LogP contribution < -0.4 is 10.1 Å². The second-order valence-corrected chi connectivity index (χ2v) is 5.60. The van der Waals surface area contributed by atoms with Gasteiger partial charge in [-0.1, -0.05) is 12.8 Å². The lowest BCUT2D eigenvalue weighted by molar-refractivity contribution is -0.124. The first-order valence-electron chi connectivity index (χ1n) is 7.30. The number of carbonyl (C=O) groups is 2. The second-order valence-electron chi connectivity index (χ2n) is 5.60.